The zero-order chi connectivity index (χ0) is 24.8. The van der Waals surface area contributed by atoms with E-state index in [2.05, 4.69) is 70.6 Å². The molecule has 5 rings (SSSR count). The molecule has 2 aromatic rings. The highest BCUT2D eigenvalue weighted by Gasteiger charge is 2.42. The van der Waals surface area contributed by atoms with E-state index in [0.717, 1.165) is 63.9 Å². The van der Waals surface area contributed by atoms with Crippen LogP contribution in [0, 0.1) is 5.41 Å². The third-order valence-corrected chi connectivity index (χ3v) is 8.75. The third kappa shape index (κ3) is 6.12. The first kappa shape index (κ1) is 25.3. The zero-order valence-electron chi connectivity index (χ0n) is 22.0. The summed E-state index contributed by atoms with van der Waals surface area (Å²) in [6.07, 6.45) is 8.65. The molecule has 0 aliphatic carbocycles. The van der Waals surface area contributed by atoms with Crippen LogP contribution in [0.3, 0.4) is 0 Å². The second-order valence-corrected chi connectivity index (χ2v) is 11.3. The van der Waals surface area contributed by atoms with Crippen LogP contribution in [0.15, 0.2) is 54.6 Å². The van der Waals surface area contributed by atoms with Crippen LogP contribution >= 0.6 is 0 Å². The van der Waals surface area contributed by atoms with Gasteiger partial charge in [0.05, 0.1) is 11.5 Å². The molecule has 1 atom stereocenters. The fraction of sp³-hybridized carbons (Fsp3) is 0.581. The standard InChI is InChI=1S/C31H43N3O2/c1-25-24-36-29-13-6-5-11-27(29)12-7-8-16-31(30(35)32-25)17-21-34(22-18-31)28-14-19-33(20-15-28)23-26-9-3-2-4-10-26/h2-6,9-11,13,25,28H,7-8,12,14-24H2,1H3,(H,32,35)/t25-/m0/s1. The molecule has 0 saturated carbocycles. The van der Waals surface area contributed by atoms with Crippen molar-refractivity contribution in [3.8, 4) is 5.75 Å². The van der Waals surface area contributed by atoms with Gasteiger partial charge in [-0.05, 0) is 95.2 Å². The summed E-state index contributed by atoms with van der Waals surface area (Å²) >= 11 is 0. The molecule has 5 nitrogen and oxygen atoms in total. The highest BCUT2D eigenvalue weighted by atomic mass is 16.5. The fourth-order valence-corrected chi connectivity index (χ4v) is 6.46. The van der Waals surface area contributed by atoms with Crippen LogP contribution in [0.5, 0.6) is 5.75 Å². The van der Waals surface area contributed by atoms with E-state index in [1.807, 2.05) is 6.07 Å². The molecule has 3 aliphatic rings. The number of rotatable bonds is 3. The molecule has 0 bridgehead atoms. The summed E-state index contributed by atoms with van der Waals surface area (Å²) in [6.45, 7) is 8.07. The molecule has 3 aliphatic heterocycles. The van der Waals surface area contributed by atoms with Gasteiger partial charge in [-0.2, -0.15) is 0 Å². The van der Waals surface area contributed by atoms with E-state index in [1.165, 1.54) is 37.1 Å². The summed E-state index contributed by atoms with van der Waals surface area (Å²) < 4.78 is 6.11. The smallest absolute Gasteiger partial charge is 0.226 e. The van der Waals surface area contributed by atoms with Crippen molar-refractivity contribution in [2.45, 2.75) is 76.9 Å². The van der Waals surface area contributed by atoms with E-state index in [4.69, 9.17) is 4.74 Å². The van der Waals surface area contributed by atoms with E-state index in [-0.39, 0.29) is 17.4 Å². The van der Waals surface area contributed by atoms with Crippen molar-refractivity contribution in [1.82, 2.24) is 15.1 Å². The number of benzene rings is 2. The Morgan fingerprint density at radius 3 is 2.42 bits per heavy atom. The molecule has 0 aromatic heterocycles. The van der Waals surface area contributed by atoms with Crippen molar-refractivity contribution in [2.75, 3.05) is 32.8 Å². The lowest BCUT2D eigenvalue weighted by Gasteiger charge is -2.46. The highest BCUT2D eigenvalue weighted by molar-refractivity contribution is 5.83. The minimum Gasteiger partial charge on any atom is -0.491 e. The van der Waals surface area contributed by atoms with Gasteiger partial charge >= 0.3 is 0 Å². The van der Waals surface area contributed by atoms with Crippen molar-refractivity contribution < 1.29 is 9.53 Å². The van der Waals surface area contributed by atoms with E-state index in [9.17, 15) is 4.79 Å². The van der Waals surface area contributed by atoms with E-state index in [1.54, 1.807) is 0 Å². The zero-order valence-corrected chi connectivity index (χ0v) is 22.0. The lowest BCUT2D eigenvalue weighted by molar-refractivity contribution is -0.136. The van der Waals surface area contributed by atoms with E-state index < -0.39 is 0 Å². The average Bonchev–Trinajstić information content (AvgIpc) is 2.91. The number of aryl methyl sites for hydroxylation is 1. The molecule has 1 N–H and O–H groups in total. The molecule has 1 amide bonds. The van der Waals surface area contributed by atoms with Crippen molar-refractivity contribution >= 4 is 5.91 Å². The number of likely N-dealkylation sites (tertiary alicyclic amines) is 2. The number of ether oxygens (including phenoxy) is 1. The van der Waals surface area contributed by atoms with E-state index in [0.29, 0.717) is 12.6 Å². The first-order chi connectivity index (χ1) is 17.6. The normalized spacial score (nSPS) is 24.7. The molecular weight excluding hydrogens is 446 g/mol. The summed E-state index contributed by atoms with van der Waals surface area (Å²) in [5.41, 5.74) is 2.48. The number of piperidine rings is 2. The van der Waals surface area contributed by atoms with Crippen molar-refractivity contribution in [2.24, 2.45) is 5.41 Å². The lowest BCUT2D eigenvalue weighted by atomic mass is 9.73. The molecule has 3 heterocycles. The van der Waals surface area contributed by atoms with Crippen LogP contribution < -0.4 is 10.1 Å². The number of hydrogen-bond acceptors (Lipinski definition) is 4. The van der Waals surface area contributed by atoms with E-state index >= 15 is 0 Å². The number of nitrogens with zero attached hydrogens (tertiary/aromatic N) is 2. The van der Waals surface area contributed by atoms with Crippen molar-refractivity contribution in [1.29, 1.82) is 0 Å². The van der Waals surface area contributed by atoms with Gasteiger partial charge in [0.15, 0.2) is 0 Å². The molecule has 2 fully saturated rings. The Hall–Kier alpha value is -2.37. The third-order valence-electron chi connectivity index (χ3n) is 8.75. The van der Waals surface area contributed by atoms with Gasteiger partial charge in [0, 0.05) is 12.6 Å². The Balaban J connectivity index is 1.16. The van der Waals surface area contributed by atoms with Crippen LogP contribution in [0.1, 0.15) is 63.0 Å². The second kappa shape index (κ2) is 11.8. The summed E-state index contributed by atoms with van der Waals surface area (Å²) in [5.74, 6) is 1.22. The van der Waals surface area contributed by atoms with Gasteiger partial charge in [-0.3, -0.25) is 9.69 Å². The Morgan fingerprint density at radius 1 is 0.917 bits per heavy atom. The summed E-state index contributed by atoms with van der Waals surface area (Å²) in [6, 6.07) is 19.9. The Labute approximate surface area is 217 Å². The Kier molecular flexibility index (Phi) is 8.28. The number of amides is 1. The highest BCUT2D eigenvalue weighted by Crippen LogP contribution is 2.39. The van der Waals surface area contributed by atoms with Gasteiger partial charge in [-0.25, -0.2) is 0 Å². The van der Waals surface area contributed by atoms with Gasteiger partial charge in [-0.1, -0.05) is 55.0 Å². The van der Waals surface area contributed by atoms with Crippen molar-refractivity contribution in [3.63, 3.8) is 0 Å². The Bertz CT molecular complexity index is 978. The van der Waals surface area contributed by atoms with Gasteiger partial charge in [0.25, 0.3) is 0 Å². The maximum atomic E-state index is 13.6. The second-order valence-electron chi connectivity index (χ2n) is 11.3. The van der Waals surface area contributed by atoms with Gasteiger partial charge < -0.3 is 15.0 Å². The largest absolute Gasteiger partial charge is 0.491 e. The number of carbonyl (C=O) groups excluding carboxylic acids is 1. The first-order valence-electron chi connectivity index (χ1n) is 14.1. The predicted octanol–water partition coefficient (Wildman–Crippen LogP) is 5.04. The quantitative estimate of drug-likeness (QED) is 0.656. The Morgan fingerprint density at radius 2 is 1.64 bits per heavy atom. The molecule has 5 heteroatoms. The fourth-order valence-electron chi connectivity index (χ4n) is 6.46. The van der Waals surface area contributed by atoms with Crippen molar-refractivity contribution in [3.05, 3.63) is 65.7 Å². The summed E-state index contributed by atoms with van der Waals surface area (Å²) in [4.78, 5) is 18.9. The minimum atomic E-state index is -0.225. The summed E-state index contributed by atoms with van der Waals surface area (Å²) in [5, 5.41) is 3.32. The number of para-hydroxylation sites is 1. The number of hydrogen-bond donors (Lipinski definition) is 1. The lowest BCUT2D eigenvalue weighted by Crippen LogP contribution is -2.54. The molecule has 0 unspecified atom stereocenters. The molecule has 194 valence electrons. The van der Waals surface area contributed by atoms with Gasteiger partial charge in [0.1, 0.15) is 12.4 Å². The first-order valence-corrected chi connectivity index (χ1v) is 14.1. The molecule has 2 aromatic carbocycles. The summed E-state index contributed by atoms with van der Waals surface area (Å²) in [7, 11) is 0. The molecule has 36 heavy (non-hydrogen) atoms. The molecule has 1 spiro atoms. The molecule has 2 saturated heterocycles. The van der Waals surface area contributed by atoms with Crippen LogP contribution in [0.2, 0.25) is 0 Å². The predicted molar refractivity (Wildman–Crippen MR) is 145 cm³/mol. The number of nitrogens with one attached hydrogen (secondary N) is 1. The maximum absolute atomic E-state index is 13.6. The monoisotopic (exact) mass is 489 g/mol. The SMILES string of the molecule is C[C@H]1COc2ccccc2CCCCC2(CCN(C3CCN(Cc4ccccc4)CC3)CC2)C(=O)N1. The number of carbonyl (C=O) groups is 1. The maximum Gasteiger partial charge on any atom is 0.226 e. The topological polar surface area (TPSA) is 44.8 Å². The van der Waals surface area contributed by atoms with Crippen LogP contribution in [-0.4, -0.2) is 60.6 Å². The van der Waals surface area contributed by atoms with Crippen LogP contribution in [-0.2, 0) is 17.8 Å². The van der Waals surface area contributed by atoms with Crippen LogP contribution in [0.4, 0.5) is 0 Å². The number of fused-ring (bicyclic) bond motifs is 1. The minimum absolute atomic E-state index is 0.00818. The van der Waals surface area contributed by atoms with Gasteiger partial charge in [-0.15, -0.1) is 0 Å². The van der Waals surface area contributed by atoms with Crippen LogP contribution in [0.25, 0.3) is 0 Å². The molecular formula is C31H43N3O2. The average molecular weight is 490 g/mol. The molecule has 0 radical (unpaired) electrons. The van der Waals surface area contributed by atoms with Gasteiger partial charge in [0.2, 0.25) is 5.91 Å².